The highest BCUT2D eigenvalue weighted by Crippen LogP contribution is 2.34. The minimum absolute atomic E-state index is 0.198. The van der Waals surface area contributed by atoms with Gasteiger partial charge >= 0.3 is 6.18 Å². The fraction of sp³-hybridized carbons (Fsp3) is 0.364. The Morgan fingerprint density at radius 3 is 2.65 bits per heavy atom. The van der Waals surface area contributed by atoms with Gasteiger partial charge in [0.15, 0.2) is 0 Å². The van der Waals surface area contributed by atoms with Crippen LogP contribution in [0.15, 0.2) is 18.2 Å². The summed E-state index contributed by atoms with van der Waals surface area (Å²) >= 11 is 0. The van der Waals surface area contributed by atoms with Gasteiger partial charge in [0.1, 0.15) is 0 Å². The third kappa shape index (κ3) is 2.35. The summed E-state index contributed by atoms with van der Waals surface area (Å²) in [6.45, 7) is 2.03. The number of carbonyl (C=O) groups excluding carboxylic acids is 1. The Balaban J connectivity index is 2.38. The minimum atomic E-state index is -4.38. The second-order valence-corrected chi connectivity index (χ2v) is 4.03. The van der Waals surface area contributed by atoms with Gasteiger partial charge in [-0.05, 0) is 18.2 Å². The van der Waals surface area contributed by atoms with Crippen molar-refractivity contribution in [2.75, 3.05) is 17.2 Å². The molecule has 17 heavy (non-hydrogen) atoms. The Morgan fingerprint density at radius 2 is 2.00 bits per heavy atom. The first-order chi connectivity index (χ1) is 7.88. The quantitative estimate of drug-likeness (QED) is 0.736. The Morgan fingerprint density at radius 1 is 1.29 bits per heavy atom. The number of anilines is 2. The second kappa shape index (κ2) is 3.94. The first-order valence-corrected chi connectivity index (χ1v) is 5.14. The standard InChI is InChI=1S/C11H11F3N2O/c1-6-5-15-9-4-7(11(12,13)14)2-3-8(9)16-10(6)17/h2-4,6,15H,5H2,1H3,(H,16,17). The Hall–Kier alpha value is -1.72. The van der Waals surface area contributed by atoms with Gasteiger partial charge in [-0.25, -0.2) is 0 Å². The Bertz CT molecular complexity index is 457. The molecule has 1 aliphatic heterocycles. The monoisotopic (exact) mass is 244 g/mol. The van der Waals surface area contributed by atoms with Gasteiger partial charge in [0.2, 0.25) is 5.91 Å². The molecule has 0 bridgehead atoms. The van der Waals surface area contributed by atoms with Crippen molar-refractivity contribution in [2.24, 2.45) is 5.92 Å². The molecule has 6 heteroatoms. The van der Waals surface area contributed by atoms with Crippen molar-refractivity contribution in [3.63, 3.8) is 0 Å². The van der Waals surface area contributed by atoms with Gasteiger partial charge in [-0.15, -0.1) is 0 Å². The van der Waals surface area contributed by atoms with E-state index in [4.69, 9.17) is 0 Å². The number of carbonyl (C=O) groups is 1. The SMILES string of the molecule is CC1CNc2cc(C(F)(F)F)ccc2NC1=O. The highest BCUT2D eigenvalue weighted by atomic mass is 19.4. The predicted octanol–water partition coefficient (Wildman–Crippen LogP) is 2.71. The minimum Gasteiger partial charge on any atom is -0.383 e. The van der Waals surface area contributed by atoms with E-state index in [9.17, 15) is 18.0 Å². The molecule has 0 fully saturated rings. The maximum absolute atomic E-state index is 12.5. The number of halogens is 3. The fourth-order valence-electron chi connectivity index (χ4n) is 1.59. The smallest absolute Gasteiger partial charge is 0.383 e. The molecule has 92 valence electrons. The molecule has 2 N–H and O–H groups in total. The summed E-state index contributed by atoms with van der Waals surface area (Å²) in [5.74, 6) is -0.479. The zero-order chi connectivity index (χ0) is 12.6. The summed E-state index contributed by atoms with van der Waals surface area (Å²) in [6.07, 6.45) is -4.38. The van der Waals surface area contributed by atoms with E-state index < -0.39 is 11.7 Å². The first kappa shape index (κ1) is 11.8. The highest BCUT2D eigenvalue weighted by Gasteiger charge is 2.31. The van der Waals surface area contributed by atoms with Crippen LogP contribution in [0.25, 0.3) is 0 Å². The van der Waals surface area contributed by atoms with Crippen LogP contribution in [0, 0.1) is 5.92 Å². The molecule has 0 saturated heterocycles. The van der Waals surface area contributed by atoms with Crippen molar-refractivity contribution in [3.8, 4) is 0 Å². The molecule has 3 nitrogen and oxygen atoms in total. The normalized spacial score (nSPS) is 20.0. The van der Waals surface area contributed by atoms with Crippen LogP contribution >= 0.6 is 0 Å². The van der Waals surface area contributed by atoms with Crippen molar-refractivity contribution in [1.82, 2.24) is 0 Å². The first-order valence-electron chi connectivity index (χ1n) is 5.14. The lowest BCUT2D eigenvalue weighted by Crippen LogP contribution is -2.22. The van der Waals surface area contributed by atoms with E-state index in [2.05, 4.69) is 10.6 Å². The maximum atomic E-state index is 12.5. The summed E-state index contributed by atoms with van der Waals surface area (Å²) in [5, 5.41) is 5.42. The molecular formula is C11H11F3N2O. The molecule has 1 amide bonds. The van der Waals surface area contributed by atoms with Crippen molar-refractivity contribution < 1.29 is 18.0 Å². The second-order valence-electron chi connectivity index (χ2n) is 4.03. The van der Waals surface area contributed by atoms with E-state index >= 15 is 0 Å². The predicted molar refractivity (Wildman–Crippen MR) is 57.7 cm³/mol. The molecule has 0 aliphatic carbocycles. The topological polar surface area (TPSA) is 41.1 Å². The molecule has 1 aromatic rings. The van der Waals surface area contributed by atoms with Crippen molar-refractivity contribution >= 4 is 17.3 Å². The van der Waals surface area contributed by atoms with Crippen molar-refractivity contribution in [3.05, 3.63) is 23.8 Å². The molecule has 1 heterocycles. The number of alkyl halides is 3. The Labute approximate surface area is 96.0 Å². The molecule has 2 rings (SSSR count). The zero-order valence-corrected chi connectivity index (χ0v) is 9.06. The molecule has 0 aromatic heterocycles. The van der Waals surface area contributed by atoms with Crippen LogP contribution in [0.4, 0.5) is 24.5 Å². The van der Waals surface area contributed by atoms with Gasteiger partial charge in [0.05, 0.1) is 22.9 Å². The van der Waals surface area contributed by atoms with Crippen LogP contribution in [-0.2, 0) is 11.0 Å². The van der Waals surface area contributed by atoms with Crippen molar-refractivity contribution in [2.45, 2.75) is 13.1 Å². The number of hydrogen-bond acceptors (Lipinski definition) is 2. The van der Waals surface area contributed by atoms with Crippen LogP contribution < -0.4 is 10.6 Å². The number of benzene rings is 1. The number of rotatable bonds is 0. The summed E-state index contributed by atoms with van der Waals surface area (Å²) in [7, 11) is 0. The van der Waals surface area contributed by atoms with Gasteiger partial charge in [-0.3, -0.25) is 4.79 Å². The molecule has 1 aliphatic rings. The van der Waals surface area contributed by atoms with Crippen LogP contribution in [0.3, 0.4) is 0 Å². The largest absolute Gasteiger partial charge is 0.416 e. The summed E-state index contributed by atoms with van der Waals surface area (Å²) < 4.78 is 37.5. The Kier molecular flexibility index (Phi) is 2.73. The van der Waals surface area contributed by atoms with E-state index in [0.29, 0.717) is 17.9 Å². The van der Waals surface area contributed by atoms with Gasteiger partial charge in [-0.2, -0.15) is 13.2 Å². The lowest BCUT2D eigenvalue weighted by Gasteiger charge is -2.12. The van der Waals surface area contributed by atoms with Gasteiger partial charge in [0.25, 0.3) is 0 Å². The van der Waals surface area contributed by atoms with Crippen LogP contribution in [0.2, 0.25) is 0 Å². The maximum Gasteiger partial charge on any atom is 0.416 e. The molecule has 0 radical (unpaired) electrons. The lowest BCUT2D eigenvalue weighted by atomic mass is 10.1. The number of nitrogens with one attached hydrogen (secondary N) is 2. The fourth-order valence-corrected chi connectivity index (χ4v) is 1.59. The highest BCUT2D eigenvalue weighted by molar-refractivity contribution is 5.97. The molecule has 0 saturated carbocycles. The van der Waals surface area contributed by atoms with E-state index in [1.54, 1.807) is 6.92 Å². The van der Waals surface area contributed by atoms with E-state index in [-0.39, 0.29) is 11.8 Å². The third-order valence-electron chi connectivity index (χ3n) is 2.65. The number of hydrogen-bond donors (Lipinski definition) is 2. The summed E-state index contributed by atoms with van der Waals surface area (Å²) in [5.41, 5.74) is -0.0440. The van der Waals surface area contributed by atoms with Crippen LogP contribution in [0.5, 0.6) is 0 Å². The summed E-state index contributed by atoms with van der Waals surface area (Å²) in [6, 6.07) is 3.23. The third-order valence-corrected chi connectivity index (χ3v) is 2.65. The average Bonchev–Trinajstić information content (AvgIpc) is 2.38. The average molecular weight is 244 g/mol. The zero-order valence-electron chi connectivity index (χ0n) is 9.06. The lowest BCUT2D eigenvalue weighted by molar-refractivity contribution is -0.137. The van der Waals surface area contributed by atoms with Gasteiger partial charge in [0, 0.05) is 6.54 Å². The molecular weight excluding hydrogens is 233 g/mol. The molecule has 1 aromatic carbocycles. The number of amides is 1. The molecule has 1 unspecified atom stereocenters. The van der Waals surface area contributed by atoms with Crippen LogP contribution in [-0.4, -0.2) is 12.5 Å². The summed E-state index contributed by atoms with van der Waals surface area (Å²) in [4.78, 5) is 11.5. The van der Waals surface area contributed by atoms with E-state index in [0.717, 1.165) is 12.1 Å². The van der Waals surface area contributed by atoms with E-state index in [1.165, 1.54) is 6.07 Å². The van der Waals surface area contributed by atoms with E-state index in [1.807, 2.05) is 0 Å². The number of fused-ring (bicyclic) bond motifs is 1. The molecule has 0 spiro atoms. The van der Waals surface area contributed by atoms with Gasteiger partial charge in [-0.1, -0.05) is 6.92 Å². The van der Waals surface area contributed by atoms with Crippen molar-refractivity contribution in [1.29, 1.82) is 0 Å². The molecule has 1 atom stereocenters. The van der Waals surface area contributed by atoms with Crippen LogP contribution in [0.1, 0.15) is 12.5 Å². The van der Waals surface area contributed by atoms with Gasteiger partial charge < -0.3 is 10.6 Å².